The minimum Gasteiger partial charge on any atom is -0.346 e. The maximum Gasteiger partial charge on any atom is 0.0483 e. The van der Waals surface area contributed by atoms with Crippen LogP contribution in [0.4, 0.5) is 0 Å². The fraction of sp³-hybridized carbons (Fsp3) is 0.467. The van der Waals surface area contributed by atoms with E-state index in [1.54, 1.807) is 0 Å². The summed E-state index contributed by atoms with van der Waals surface area (Å²) in [5.41, 5.74) is 4.18. The molecule has 1 heterocycles. The number of aromatic nitrogens is 1. The van der Waals surface area contributed by atoms with Gasteiger partial charge in [0.25, 0.3) is 0 Å². The van der Waals surface area contributed by atoms with Crippen LogP contribution in [0.3, 0.4) is 0 Å². The summed E-state index contributed by atoms with van der Waals surface area (Å²) in [6, 6.07) is 9.39. The van der Waals surface area contributed by atoms with Crippen LogP contribution in [0.25, 0.3) is 10.9 Å². The van der Waals surface area contributed by atoms with Crippen molar-refractivity contribution in [3.8, 4) is 0 Å². The van der Waals surface area contributed by atoms with Crippen molar-refractivity contribution in [1.29, 1.82) is 0 Å². The lowest BCUT2D eigenvalue weighted by atomic mass is 10.1. The molecule has 1 fully saturated rings. The third kappa shape index (κ3) is 1.77. The van der Waals surface area contributed by atoms with Gasteiger partial charge in [0.1, 0.15) is 0 Å². The topological polar surface area (TPSA) is 17.0 Å². The quantitative estimate of drug-likeness (QED) is 0.854. The maximum atomic E-state index is 3.64. The van der Waals surface area contributed by atoms with Crippen molar-refractivity contribution < 1.29 is 0 Å². The molecule has 0 saturated heterocycles. The molecule has 0 bridgehead atoms. The zero-order valence-electron chi connectivity index (χ0n) is 10.8. The maximum absolute atomic E-state index is 3.64. The van der Waals surface area contributed by atoms with Crippen LogP contribution < -0.4 is 5.32 Å². The molecule has 1 saturated carbocycles. The summed E-state index contributed by atoms with van der Waals surface area (Å²) in [4.78, 5) is 0. The zero-order valence-corrected chi connectivity index (χ0v) is 10.8. The number of rotatable bonds is 3. The second-order valence-corrected chi connectivity index (χ2v) is 5.35. The molecular weight excluding hydrogens is 208 g/mol. The molecular formula is C15H20N2. The Labute approximate surface area is 103 Å². The average Bonchev–Trinajstić information content (AvgIpc) is 2.99. The first-order chi connectivity index (χ1) is 8.18. The highest BCUT2D eigenvalue weighted by atomic mass is 15.0. The first kappa shape index (κ1) is 10.8. The molecule has 17 heavy (non-hydrogen) atoms. The Balaban J connectivity index is 1.92. The smallest absolute Gasteiger partial charge is 0.0483 e. The molecule has 2 atom stereocenters. The summed E-state index contributed by atoms with van der Waals surface area (Å²) in [6.45, 7) is 5.54. The Morgan fingerprint density at radius 3 is 2.71 bits per heavy atom. The van der Waals surface area contributed by atoms with Gasteiger partial charge in [-0.2, -0.15) is 0 Å². The number of hydrogen-bond acceptors (Lipinski definition) is 1. The molecule has 2 nitrogen and oxygen atoms in total. The van der Waals surface area contributed by atoms with Crippen molar-refractivity contribution in [2.75, 3.05) is 0 Å². The lowest BCUT2D eigenvalue weighted by Gasteiger charge is -2.07. The number of fused-ring (bicyclic) bond motifs is 1. The minimum absolute atomic E-state index is 0.743. The Bertz CT molecular complexity index is 514. The summed E-state index contributed by atoms with van der Waals surface area (Å²) in [6.07, 6.45) is 1.34. The van der Waals surface area contributed by atoms with E-state index in [-0.39, 0.29) is 0 Å². The molecule has 3 rings (SSSR count). The van der Waals surface area contributed by atoms with Crippen LogP contribution in [-0.4, -0.2) is 10.6 Å². The summed E-state index contributed by atoms with van der Waals surface area (Å²) >= 11 is 0. The van der Waals surface area contributed by atoms with Gasteiger partial charge >= 0.3 is 0 Å². The van der Waals surface area contributed by atoms with Crippen LogP contribution >= 0.6 is 0 Å². The summed E-state index contributed by atoms with van der Waals surface area (Å²) in [5, 5.41) is 5.03. The van der Waals surface area contributed by atoms with Crippen molar-refractivity contribution >= 4 is 10.9 Å². The van der Waals surface area contributed by atoms with E-state index in [4.69, 9.17) is 0 Å². The molecule has 1 aromatic carbocycles. The van der Waals surface area contributed by atoms with Gasteiger partial charge in [0.2, 0.25) is 0 Å². The van der Waals surface area contributed by atoms with E-state index in [9.17, 15) is 0 Å². The van der Waals surface area contributed by atoms with Crippen molar-refractivity contribution in [2.24, 2.45) is 13.0 Å². The molecule has 2 aromatic rings. The molecule has 0 radical (unpaired) electrons. The van der Waals surface area contributed by atoms with Crippen molar-refractivity contribution in [2.45, 2.75) is 32.9 Å². The molecule has 1 aliphatic rings. The Morgan fingerprint density at radius 2 is 2.06 bits per heavy atom. The normalized spacial score (nSPS) is 23.2. The highest BCUT2D eigenvalue weighted by molar-refractivity contribution is 5.85. The van der Waals surface area contributed by atoms with Crippen molar-refractivity contribution in [3.63, 3.8) is 0 Å². The Kier molecular flexibility index (Phi) is 2.48. The number of aryl methyl sites for hydroxylation is 2. The lowest BCUT2D eigenvalue weighted by molar-refractivity contribution is 0.626. The standard InChI is InChI=1S/C15H20N2/c1-10-8-13(10)16-9-15-11(2)12-6-4-5-7-14(12)17(15)3/h4-7,10,13,16H,8-9H2,1-3H3. The molecule has 1 aromatic heterocycles. The van der Waals surface area contributed by atoms with Gasteiger partial charge in [0, 0.05) is 36.2 Å². The fourth-order valence-electron chi connectivity index (χ4n) is 2.72. The Morgan fingerprint density at radius 1 is 1.35 bits per heavy atom. The van der Waals surface area contributed by atoms with Gasteiger partial charge < -0.3 is 9.88 Å². The number of nitrogens with one attached hydrogen (secondary N) is 1. The van der Waals surface area contributed by atoms with Gasteiger partial charge in [-0.25, -0.2) is 0 Å². The van der Waals surface area contributed by atoms with E-state index in [1.165, 1.54) is 28.6 Å². The molecule has 0 amide bonds. The highest BCUT2D eigenvalue weighted by Crippen LogP contribution is 2.30. The van der Waals surface area contributed by atoms with Gasteiger partial charge in [-0.05, 0) is 30.9 Å². The number of nitrogens with zero attached hydrogens (tertiary/aromatic N) is 1. The molecule has 1 N–H and O–H groups in total. The third-order valence-electron chi connectivity index (χ3n) is 4.15. The monoisotopic (exact) mass is 228 g/mol. The number of benzene rings is 1. The van der Waals surface area contributed by atoms with Crippen molar-refractivity contribution in [3.05, 3.63) is 35.5 Å². The molecule has 0 aliphatic heterocycles. The lowest BCUT2D eigenvalue weighted by Crippen LogP contribution is -2.19. The van der Waals surface area contributed by atoms with Crippen LogP contribution in [0, 0.1) is 12.8 Å². The van der Waals surface area contributed by atoms with Gasteiger partial charge in [-0.1, -0.05) is 25.1 Å². The molecule has 2 heteroatoms. The second-order valence-electron chi connectivity index (χ2n) is 5.35. The van der Waals surface area contributed by atoms with Crippen LogP contribution in [0.15, 0.2) is 24.3 Å². The predicted molar refractivity (Wildman–Crippen MR) is 72.1 cm³/mol. The average molecular weight is 228 g/mol. The van der Waals surface area contributed by atoms with E-state index in [0.29, 0.717) is 0 Å². The van der Waals surface area contributed by atoms with Crippen LogP contribution in [-0.2, 0) is 13.6 Å². The minimum atomic E-state index is 0.743. The van der Waals surface area contributed by atoms with E-state index in [0.717, 1.165) is 18.5 Å². The molecule has 1 aliphatic carbocycles. The van der Waals surface area contributed by atoms with E-state index < -0.39 is 0 Å². The zero-order chi connectivity index (χ0) is 12.0. The summed E-state index contributed by atoms with van der Waals surface area (Å²) < 4.78 is 2.32. The van der Waals surface area contributed by atoms with Crippen LogP contribution in [0.2, 0.25) is 0 Å². The number of hydrogen-bond donors (Lipinski definition) is 1. The van der Waals surface area contributed by atoms with Gasteiger partial charge in [-0.3, -0.25) is 0 Å². The molecule has 2 unspecified atom stereocenters. The van der Waals surface area contributed by atoms with Crippen LogP contribution in [0.5, 0.6) is 0 Å². The van der Waals surface area contributed by atoms with E-state index in [1.807, 2.05) is 0 Å². The van der Waals surface area contributed by atoms with Gasteiger partial charge in [-0.15, -0.1) is 0 Å². The highest BCUT2D eigenvalue weighted by Gasteiger charge is 2.32. The first-order valence-electron chi connectivity index (χ1n) is 6.44. The Hall–Kier alpha value is -1.28. The third-order valence-corrected chi connectivity index (χ3v) is 4.15. The van der Waals surface area contributed by atoms with Gasteiger partial charge in [0.15, 0.2) is 0 Å². The summed E-state index contributed by atoms with van der Waals surface area (Å²) in [7, 11) is 2.17. The summed E-state index contributed by atoms with van der Waals surface area (Å²) in [5.74, 6) is 0.866. The first-order valence-corrected chi connectivity index (χ1v) is 6.44. The van der Waals surface area contributed by atoms with Gasteiger partial charge in [0.05, 0.1) is 0 Å². The fourth-order valence-corrected chi connectivity index (χ4v) is 2.72. The van der Waals surface area contributed by atoms with Crippen molar-refractivity contribution in [1.82, 2.24) is 9.88 Å². The SMILES string of the molecule is Cc1c(CNC2CC2C)n(C)c2ccccc12. The molecule has 0 spiro atoms. The van der Waals surface area contributed by atoms with E-state index in [2.05, 4.69) is 55.0 Å². The van der Waals surface area contributed by atoms with Crippen LogP contribution in [0.1, 0.15) is 24.6 Å². The van der Waals surface area contributed by atoms with E-state index >= 15 is 0 Å². The number of para-hydroxylation sites is 1. The molecule has 90 valence electrons. The second kappa shape index (κ2) is 3.88. The predicted octanol–water partition coefficient (Wildman–Crippen LogP) is 2.98. The largest absolute Gasteiger partial charge is 0.346 e.